The van der Waals surface area contributed by atoms with Crippen molar-refractivity contribution in [2.75, 3.05) is 4.90 Å². The van der Waals surface area contributed by atoms with Gasteiger partial charge in [0.2, 0.25) is 5.91 Å². The molecular weight excluding hydrogens is 238 g/mol. The highest BCUT2D eigenvalue weighted by atomic mass is 16.4. The molecule has 1 fully saturated rings. The third-order valence-corrected chi connectivity index (χ3v) is 2.62. The van der Waals surface area contributed by atoms with Crippen molar-refractivity contribution in [2.24, 2.45) is 0 Å². The molecule has 0 unspecified atom stereocenters. The molecule has 1 aliphatic heterocycles. The van der Waals surface area contributed by atoms with Crippen molar-refractivity contribution in [2.45, 2.75) is 18.9 Å². The van der Waals surface area contributed by atoms with Crippen molar-refractivity contribution in [1.29, 1.82) is 5.26 Å². The molecule has 0 aromatic carbocycles. The molecule has 7 heteroatoms. The van der Waals surface area contributed by atoms with Crippen LogP contribution < -0.4 is 4.90 Å². The maximum atomic E-state index is 11.6. The van der Waals surface area contributed by atoms with Gasteiger partial charge in [-0.15, -0.1) is 0 Å². The molecule has 0 bridgehead atoms. The number of carboxylic acids is 1. The number of rotatable bonds is 2. The first kappa shape index (κ1) is 13.6. The molecule has 3 N–H and O–H groups in total. The number of carbonyl (C=O) groups excluding carboxylic acids is 1. The Kier molecular flexibility index (Phi) is 3.97. The fourth-order valence-corrected chi connectivity index (χ4v) is 1.82. The van der Waals surface area contributed by atoms with Gasteiger partial charge in [0.1, 0.15) is 11.9 Å². The van der Waals surface area contributed by atoms with Gasteiger partial charge in [0.15, 0.2) is 0 Å². The molecular formula is C11H11N3O4. The minimum Gasteiger partial charge on any atom is -0.480 e. The molecule has 18 heavy (non-hydrogen) atoms. The number of aromatic nitrogens is 1. The monoisotopic (exact) mass is 249 g/mol. The Morgan fingerprint density at radius 1 is 1.61 bits per heavy atom. The summed E-state index contributed by atoms with van der Waals surface area (Å²) >= 11 is 0. The van der Waals surface area contributed by atoms with Crippen LogP contribution in [-0.2, 0) is 9.59 Å². The van der Waals surface area contributed by atoms with E-state index in [9.17, 15) is 9.59 Å². The van der Waals surface area contributed by atoms with E-state index in [4.69, 9.17) is 10.4 Å². The summed E-state index contributed by atoms with van der Waals surface area (Å²) in [7, 11) is 0. The van der Waals surface area contributed by atoms with Crippen LogP contribution in [0.4, 0.5) is 5.82 Å². The zero-order valence-corrected chi connectivity index (χ0v) is 9.33. The third kappa shape index (κ3) is 2.28. The molecule has 1 amide bonds. The number of carboxylic acid groups (broad SMARTS) is 1. The van der Waals surface area contributed by atoms with E-state index in [1.807, 2.05) is 6.07 Å². The first-order valence-electron chi connectivity index (χ1n) is 5.04. The van der Waals surface area contributed by atoms with E-state index in [1.54, 1.807) is 0 Å². The Balaban J connectivity index is 0.00000162. The van der Waals surface area contributed by atoms with Crippen molar-refractivity contribution in [3.05, 3.63) is 23.9 Å². The van der Waals surface area contributed by atoms with E-state index in [2.05, 4.69) is 4.98 Å². The van der Waals surface area contributed by atoms with Crippen LogP contribution in [0.5, 0.6) is 0 Å². The van der Waals surface area contributed by atoms with Crippen LogP contribution in [0.25, 0.3) is 0 Å². The van der Waals surface area contributed by atoms with E-state index in [1.165, 1.54) is 18.3 Å². The second-order valence-electron chi connectivity index (χ2n) is 3.67. The number of nitrogens with zero attached hydrogens (tertiary/aromatic N) is 3. The molecule has 94 valence electrons. The molecule has 2 heterocycles. The predicted molar refractivity (Wildman–Crippen MR) is 60.7 cm³/mol. The van der Waals surface area contributed by atoms with Crippen LogP contribution in [-0.4, -0.2) is 33.5 Å². The van der Waals surface area contributed by atoms with Gasteiger partial charge in [-0.05, 0) is 18.6 Å². The zero-order chi connectivity index (χ0) is 12.4. The van der Waals surface area contributed by atoms with Crippen LogP contribution in [0.3, 0.4) is 0 Å². The first-order chi connectivity index (χ1) is 8.13. The fourth-order valence-electron chi connectivity index (χ4n) is 1.82. The number of amides is 1. The molecule has 0 radical (unpaired) electrons. The van der Waals surface area contributed by atoms with Crippen LogP contribution in [0.2, 0.25) is 0 Å². The van der Waals surface area contributed by atoms with E-state index in [0.29, 0.717) is 5.56 Å². The Labute approximate surface area is 103 Å². The maximum Gasteiger partial charge on any atom is 0.326 e. The molecule has 1 saturated heterocycles. The number of nitriles is 1. The quantitative estimate of drug-likeness (QED) is 0.770. The van der Waals surface area contributed by atoms with Gasteiger partial charge < -0.3 is 10.6 Å². The van der Waals surface area contributed by atoms with Gasteiger partial charge in [0, 0.05) is 12.6 Å². The van der Waals surface area contributed by atoms with Gasteiger partial charge in [0.05, 0.1) is 11.6 Å². The lowest BCUT2D eigenvalue weighted by Gasteiger charge is -2.20. The Bertz CT molecular complexity index is 523. The van der Waals surface area contributed by atoms with Gasteiger partial charge in [-0.3, -0.25) is 9.69 Å². The first-order valence-corrected chi connectivity index (χ1v) is 5.04. The topological polar surface area (TPSA) is 126 Å². The SMILES string of the molecule is N#Cc1ccnc(N2C(=O)CC[C@H]2C(=O)O)c1.O. The van der Waals surface area contributed by atoms with Gasteiger partial charge in [-0.1, -0.05) is 0 Å². The van der Waals surface area contributed by atoms with Gasteiger partial charge >= 0.3 is 5.97 Å². The Morgan fingerprint density at radius 3 is 2.94 bits per heavy atom. The largest absolute Gasteiger partial charge is 0.480 e. The normalized spacial score (nSPS) is 18.1. The zero-order valence-electron chi connectivity index (χ0n) is 9.33. The van der Waals surface area contributed by atoms with Crippen LogP contribution in [0, 0.1) is 11.3 Å². The van der Waals surface area contributed by atoms with Crippen molar-refractivity contribution < 1.29 is 20.2 Å². The minimum atomic E-state index is -1.06. The minimum absolute atomic E-state index is 0. The second-order valence-corrected chi connectivity index (χ2v) is 3.67. The lowest BCUT2D eigenvalue weighted by Crippen LogP contribution is -2.39. The maximum absolute atomic E-state index is 11.6. The summed E-state index contributed by atoms with van der Waals surface area (Å²) < 4.78 is 0. The average Bonchev–Trinajstić information content (AvgIpc) is 2.71. The summed E-state index contributed by atoms with van der Waals surface area (Å²) in [4.78, 5) is 27.7. The fraction of sp³-hybridized carbons (Fsp3) is 0.273. The van der Waals surface area contributed by atoms with E-state index in [0.717, 1.165) is 4.90 Å². The molecule has 1 atom stereocenters. The van der Waals surface area contributed by atoms with Crippen LogP contribution >= 0.6 is 0 Å². The summed E-state index contributed by atoms with van der Waals surface area (Å²) in [6, 6.07) is 3.95. The standard InChI is InChI=1S/C11H9N3O3.H2O/c12-6-7-3-4-13-9(5-7)14-8(11(16)17)1-2-10(14)15;/h3-5,8H,1-2H2,(H,16,17);1H2/t8-;/m0./s1. The number of anilines is 1. The predicted octanol–water partition coefficient (Wildman–Crippen LogP) is -0.291. The molecule has 2 rings (SSSR count). The Morgan fingerprint density at radius 2 is 2.33 bits per heavy atom. The molecule has 0 spiro atoms. The third-order valence-electron chi connectivity index (χ3n) is 2.62. The van der Waals surface area contributed by atoms with E-state index < -0.39 is 12.0 Å². The second kappa shape index (κ2) is 5.25. The number of aliphatic carboxylic acids is 1. The molecule has 0 aliphatic carbocycles. The molecule has 7 nitrogen and oxygen atoms in total. The number of hydrogen-bond acceptors (Lipinski definition) is 4. The summed E-state index contributed by atoms with van der Waals surface area (Å²) in [5, 5.41) is 17.8. The van der Waals surface area contributed by atoms with Gasteiger partial charge in [0.25, 0.3) is 0 Å². The smallest absolute Gasteiger partial charge is 0.326 e. The van der Waals surface area contributed by atoms with Gasteiger partial charge in [-0.25, -0.2) is 9.78 Å². The van der Waals surface area contributed by atoms with E-state index >= 15 is 0 Å². The lowest BCUT2D eigenvalue weighted by atomic mass is 10.2. The van der Waals surface area contributed by atoms with Crippen molar-refractivity contribution in [3.8, 4) is 6.07 Å². The van der Waals surface area contributed by atoms with Crippen LogP contribution in [0.15, 0.2) is 18.3 Å². The highest BCUT2D eigenvalue weighted by Crippen LogP contribution is 2.25. The van der Waals surface area contributed by atoms with Gasteiger partial charge in [-0.2, -0.15) is 5.26 Å². The van der Waals surface area contributed by atoms with Crippen molar-refractivity contribution in [3.63, 3.8) is 0 Å². The number of hydrogen-bond donors (Lipinski definition) is 1. The highest BCUT2D eigenvalue weighted by Gasteiger charge is 2.37. The molecule has 1 aromatic rings. The number of pyridine rings is 1. The van der Waals surface area contributed by atoms with Crippen molar-refractivity contribution >= 4 is 17.7 Å². The highest BCUT2D eigenvalue weighted by molar-refractivity contribution is 6.01. The average molecular weight is 249 g/mol. The summed E-state index contributed by atoms with van der Waals surface area (Å²) in [5.74, 6) is -1.11. The summed E-state index contributed by atoms with van der Waals surface area (Å²) in [6.07, 6.45) is 1.85. The summed E-state index contributed by atoms with van der Waals surface area (Å²) in [5.41, 5.74) is 0.346. The lowest BCUT2D eigenvalue weighted by molar-refractivity contribution is -0.138. The molecule has 1 aromatic heterocycles. The van der Waals surface area contributed by atoms with Crippen molar-refractivity contribution in [1.82, 2.24) is 4.98 Å². The van der Waals surface area contributed by atoms with Crippen LogP contribution in [0.1, 0.15) is 18.4 Å². The number of carbonyl (C=O) groups is 2. The Hall–Kier alpha value is -2.46. The van der Waals surface area contributed by atoms with E-state index in [-0.39, 0.29) is 30.0 Å². The summed E-state index contributed by atoms with van der Waals surface area (Å²) in [6.45, 7) is 0. The molecule has 1 aliphatic rings. The molecule has 0 saturated carbocycles.